The second-order valence-electron chi connectivity index (χ2n) is 6.72. The van der Waals surface area contributed by atoms with Crippen molar-refractivity contribution in [1.29, 1.82) is 0 Å². The minimum absolute atomic E-state index is 0.0594. The maximum absolute atomic E-state index is 13.1. The van der Waals surface area contributed by atoms with Gasteiger partial charge in [0.2, 0.25) is 0 Å². The highest BCUT2D eigenvalue weighted by Crippen LogP contribution is 2.25. The predicted octanol–water partition coefficient (Wildman–Crippen LogP) is 3.12. The number of hydrogen-bond acceptors (Lipinski definition) is 4. The zero-order valence-corrected chi connectivity index (χ0v) is 15.3. The summed E-state index contributed by atoms with van der Waals surface area (Å²) in [5.41, 5.74) is 1.85. The highest BCUT2D eigenvalue weighted by molar-refractivity contribution is 5.95. The summed E-state index contributed by atoms with van der Waals surface area (Å²) in [5.74, 6) is 1.61. The van der Waals surface area contributed by atoms with E-state index in [0.29, 0.717) is 11.4 Å². The van der Waals surface area contributed by atoms with Gasteiger partial charge >= 0.3 is 0 Å². The molecular weight excluding hydrogens is 340 g/mol. The molecule has 1 aliphatic rings. The Hall–Kier alpha value is -3.15. The molecule has 1 aromatic carbocycles. The van der Waals surface area contributed by atoms with Crippen molar-refractivity contribution in [3.8, 4) is 11.6 Å². The molecule has 0 bridgehead atoms. The van der Waals surface area contributed by atoms with Gasteiger partial charge < -0.3 is 9.64 Å². The Balaban J connectivity index is 1.53. The molecule has 138 valence electrons. The van der Waals surface area contributed by atoms with Crippen LogP contribution in [0.5, 0.6) is 5.75 Å². The number of amides is 1. The molecule has 6 heteroatoms. The maximum Gasteiger partial charge on any atom is 0.254 e. The highest BCUT2D eigenvalue weighted by Gasteiger charge is 2.29. The van der Waals surface area contributed by atoms with Gasteiger partial charge in [-0.2, -0.15) is 0 Å². The van der Waals surface area contributed by atoms with Gasteiger partial charge in [0.05, 0.1) is 7.11 Å². The highest BCUT2D eigenvalue weighted by atomic mass is 16.5. The van der Waals surface area contributed by atoms with E-state index in [1.54, 1.807) is 36.5 Å². The number of rotatable bonds is 5. The lowest BCUT2D eigenvalue weighted by Gasteiger charge is -2.25. The van der Waals surface area contributed by atoms with Gasteiger partial charge in [-0.25, -0.2) is 9.97 Å². The Bertz CT molecular complexity index is 923. The van der Waals surface area contributed by atoms with Gasteiger partial charge in [-0.15, -0.1) is 0 Å². The van der Waals surface area contributed by atoms with Gasteiger partial charge in [-0.05, 0) is 49.1 Å². The number of carbonyl (C=O) groups is 1. The fourth-order valence-electron chi connectivity index (χ4n) is 3.64. The van der Waals surface area contributed by atoms with E-state index in [1.807, 2.05) is 35.4 Å². The van der Waals surface area contributed by atoms with Gasteiger partial charge in [-0.3, -0.25) is 9.36 Å². The first-order valence-electron chi connectivity index (χ1n) is 9.13. The van der Waals surface area contributed by atoms with Crippen molar-refractivity contribution in [3.63, 3.8) is 0 Å². The summed E-state index contributed by atoms with van der Waals surface area (Å²) in [7, 11) is 1.67. The molecule has 3 aromatic rings. The van der Waals surface area contributed by atoms with E-state index in [9.17, 15) is 4.79 Å². The molecule has 2 aromatic heterocycles. The fourth-order valence-corrected chi connectivity index (χ4v) is 3.64. The number of hydrogen-bond donors (Lipinski definition) is 0. The molecule has 1 unspecified atom stereocenters. The third kappa shape index (κ3) is 3.69. The van der Waals surface area contributed by atoms with Crippen molar-refractivity contribution in [1.82, 2.24) is 19.4 Å². The number of ether oxygens (including phenoxy) is 1. The van der Waals surface area contributed by atoms with Crippen molar-refractivity contribution in [2.24, 2.45) is 0 Å². The quantitative estimate of drug-likeness (QED) is 0.700. The van der Waals surface area contributed by atoms with Crippen molar-refractivity contribution in [2.75, 3.05) is 13.7 Å². The molecule has 4 rings (SSSR count). The number of likely N-dealkylation sites (tertiary alicyclic amines) is 1. The third-order valence-electron chi connectivity index (χ3n) is 5.00. The van der Waals surface area contributed by atoms with Crippen LogP contribution in [0.25, 0.3) is 5.82 Å². The lowest BCUT2D eigenvalue weighted by Crippen LogP contribution is -2.36. The van der Waals surface area contributed by atoms with E-state index >= 15 is 0 Å². The Morgan fingerprint density at radius 2 is 2.19 bits per heavy atom. The summed E-state index contributed by atoms with van der Waals surface area (Å²) in [6, 6.07) is 11.9. The van der Waals surface area contributed by atoms with Crippen LogP contribution in [-0.4, -0.2) is 45.0 Å². The summed E-state index contributed by atoms with van der Waals surface area (Å²) in [6.45, 7) is 0.788. The molecule has 0 N–H and O–H groups in total. The van der Waals surface area contributed by atoms with E-state index in [2.05, 4.69) is 16.0 Å². The van der Waals surface area contributed by atoms with Crippen LogP contribution < -0.4 is 4.74 Å². The van der Waals surface area contributed by atoms with Gasteiger partial charge in [0.1, 0.15) is 17.9 Å². The largest absolute Gasteiger partial charge is 0.497 e. The third-order valence-corrected chi connectivity index (χ3v) is 5.00. The van der Waals surface area contributed by atoms with Gasteiger partial charge in [0.15, 0.2) is 0 Å². The van der Waals surface area contributed by atoms with Crippen LogP contribution in [0.15, 0.2) is 61.3 Å². The van der Waals surface area contributed by atoms with Crippen molar-refractivity contribution in [2.45, 2.75) is 25.3 Å². The molecule has 1 aliphatic heterocycles. The van der Waals surface area contributed by atoms with Crippen LogP contribution in [0, 0.1) is 0 Å². The molecule has 27 heavy (non-hydrogen) atoms. The van der Waals surface area contributed by atoms with Crippen LogP contribution in [0.4, 0.5) is 0 Å². The summed E-state index contributed by atoms with van der Waals surface area (Å²) in [4.78, 5) is 23.5. The van der Waals surface area contributed by atoms with E-state index in [0.717, 1.165) is 31.6 Å². The molecule has 1 atom stereocenters. The number of nitrogens with zero attached hydrogens (tertiary/aromatic N) is 4. The standard InChI is InChI=1S/C21H22N4O2/c1-27-19-6-2-4-16(13-19)12-18-5-3-10-25(18)21(26)17-7-8-23-20(14-17)24-11-9-22-15-24/h2,4,6-9,11,13-15,18H,3,5,10,12H2,1H3. The topological polar surface area (TPSA) is 60.2 Å². The van der Waals surface area contributed by atoms with Gasteiger partial charge in [-0.1, -0.05) is 12.1 Å². The normalized spacial score (nSPS) is 16.5. The first-order valence-corrected chi connectivity index (χ1v) is 9.13. The molecule has 0 radical (unpaired) electrons. The van der Waals surface area contributed by atoms with Gasteiger partial charge in [0.25, 0.3) is 5.91 Å². The van der Waals surface area contributed by atoms with Crippen molar-refractivity contribution >= 4 is 5.91 Å². The van der Waals surface area contributed by atoms with Crippen LogP contribution in [0.2, 0.25) is 0 Å². The van der Waals surface area contributed by atoms with E-state index < -0.39 is 0 Å². The molecule has 0 aliphatic carbocycles. The molecule has 1 amide bonds. The molecule has 1 saturated heterocycles. The Morgan fingerprint density at radius 3 is 3.00 bits per heavy atom. The maximum atomic E-state index is 13.1. The monoisotopic (exact) mass is 362 g/mol. The fraction of sp³-hybridized carbons (Fsp3) is 0.286. The van der Waals surface area contributed by atoms with Crippen LogP contribution >= 0.6 is 0 Å². The number of carbonyl (C=O) groups excluding carboxylic acids is 1. The summed E-state index contributed by atoms with van der Waals surface area (Å²) < 4.78 is 7.12. The Kier molecular flexibility index (Phi) is 4.87. The lowest BCUT2D eigenvalue weighted by atomic mass is 10.0. The molecular formula is C21H22N4O2. The van der Waals surface area contributed by atoms with Crippen molar-refractivity contribution in [3.05, 3.63) is 72.4 Å². The number of imidazole rings is 1. The minimum atomic E-state index is 0.0594. The number of benzene rings is 1. The lowest BCUT2D eigenvalue weighted by molar-refractivity contribution is 0.0736. The average molecular weight is 362 g/mol. The number of methoxy groups -OCH3 is 1. The van der Waals surface area contributed by atoms with E-state index in [1.165, 1.54) is 5.56 Å². The van der Waals surface area contributed by atoms with Crippen LogP contribution in [0.1, 0.15) is 28.8 Å². The Labute approximate surface area is 158 Å². The summed E-state index contributed by atoms with van der Waals surface area (Å²) in [5, 5.41) is 0. The number of aromatic nitrogens is 3. The van der Waals surface area contributed by atoms with E-state index in [4.69, 9.17) is 4.74 Å². The summed E-state index contributed by atoms with van der Waals surface area (Å²) >= 11 is 0. The molecule has 3 heterocycles. The minimum Gasteiger partial charge on any atom is -0.497 e. The van der Waals surface area contributed by atoms with E-state index in [-0.39, 0.29) is 11.9 Å². The zero-order valence-electron chi connectivity index (χ0n) is 15.3. The summed E-state index contributed by atoms with van der Waals surface area (Å²) in [6.07, 6.45) is 9.75. The SMILES string of the molecule is COc1cccc(CC2CCCN2C(=O)c2ccnc(-n3ccnc3)c2)c1. The first-order chi connectivity index (χ1) is 13.2. The van der Waals surface area contributed by atoms with Crippen molar-refractivity contribution < 1.29 is 9.53 Å². The van der Waals surface area contributed by atoms with Crippen LogP contribution in [0.3, 0.4) is 0 Å². The first kappa shape index (κ1) is 17.3. The Morgan fingerprint density at radius 1 is 1.26 bits per heavy atom. The second-order valence-corrected chi connectivity index (χ2v) is 6.72. The molecule has 6 nitrogen and oxygen atoms in total. The van der Waals surface area contributed by atoms with Gasteiger partial charge in [0, 0.05) is 36.7 Å². The predicted molar refractivity (Wildman–Crippen MR) is 102 cm³/mol. The molecule has 0 spiro atoms. The average Bonchev–Trinajstić information content (AvgIpc) is 3.40. The van der Waals surface area contributed by atoms with Crippen LogP contribution in [-0.2, 0) is 6.42 Å². The smallest absolute Gasteiger partial charge is 0.254 e. The second kappa shape index (κ2) is 7.61. The molecule has 1 fully saturated rings. The number of pyridine rings is 1. The molecule has 0 saturated carbocycles. The zero-order chi connectivity index (χ0) is 18.6.